The molecule has 0 amide bonds. The normalized spacial score (nSPS) is 12.1. The van der Waals surface area contributed by atoms with Crippen molar-refractivity contribution in [3.63, 3.8) is 0 Å². The summed E-state index contributed by atoms with van der Waals surface area (Å²) >= 11 is 0. The van der Waals surface area contributed by atoms with Gasteiger partial charge in [-0.2, -0.15) is 0 Å². The van der Waals surface area contributed by atoms with Gasteiger partial charge in [0.2, 0.25) is 0 Å². The summed E-state index contributed by atoms with van der Waals surface area (Å²) in [5.74, 6) is -1.00. The maximum absolute atomic E-state index is 11.0. The zero-order valence-corrected chi connectivity index (χ0v) is 9.89. The van der Waals surface area contributed by atoms with Gasteiger partial charge in [-0.3, -0.25) is 4.79 Å². The number of nitrogens with zero attached hydrogens (tertiary/aromatic N) is 1. The molecule has 16 heavy (non-hydrogen) atoms. The Labute approximate surface area is 96.7 Å². The van der Waals surface area contributed by atoms with Crippen LogP contribution in [0, 0.1) is 5.92 Å². The first-order valence-electron chi connectivity index (χ1n) is 5.71. The summed E-state index contributed by atoms with van der Waals surface area (Å²) in [5.41, 5.74) is 1.09. The quantitative estimate of drug-likeness (QED) is 0.802. The molecule has 88 valence electrons. The van der Waals surface area contributed by atoms with Gasteiger partial charge in [-0.05, 0) is 25.5 Å². The van der Waals surface area contributed by atoms with Gasteiger partial charge in [0.15, 0.2) is 0 Å². The minimum Gasteiger partial charge on any atom is -0.481 e. The monoisotopic (exact) mass is 221 g/mol. The van der Waals surface area contributed by atoms with Gasteiger partial charge in [-0.25, -0.2) is 0 Å². The zero-order chi connectivity index (χ0) is 12.0. The van der Waals surface area contributed by atoms with Gasteiger partial charge in [-0.15, -0.1) is 0 Å². The summed E-state index contributed by atoms with van der Waals surface area (Å²) in [6, 6.07) is 9.93. The van der Waals surface area contributed by atoms with E-state index in [0.29, 0.717) is 13.0 Å². The van der Waals surface area contributed by atoms with E-state index in [-0.39, 0.29) is 5.92 Å². The third-order valence-corrected chi connectivity index (χ3v) is 2.79. The number of para-hydroxylation sites is 1. The minimum absolute atomic E-state index is 0.292. The molecule has 0 radical (unpaired) electrons. The summed E-state index contributed by atoms with van der Waals surface area (Å²) in [5, 5.41) is 9.04. The molecule has 0 saturated heterocycles. The Hall–Kier alpha value is -1.51. The Morgan fingerprint density at radius 2 is 1.94 bits per heavy atom. The molecule has 1 aromatic rings. The second kappa shape index (κ2) is 6.16. The molecule has 3 heteroatoms. The molecule has 1 N–H and O–H groups in total. The van der Waals surface area contributed by atoms with Crippen molar-refractivity contribution in [1.29, 1.82) is 0 Å². The van der Waals surface area contributed by atoms with Crippen LogP contribution in [0.5, 0.6) is 0 Å². The number of anilines is 1. The van der Waals surface area contributed by atoms with E-state index in [1.165, 1.54) is 0 Å². The summed E-state index contributed by atoms with van der Waals surface area (Å²) in [7, 11) is 0. The van der Waals surface area contributed by atoms with Crippen LogP contribution in [-0.4, -0.2) is 24.2 Å². The van der Waals surface area contributed by atoms with Crippen molar-refractivity contribution in [2.75, 3.05) is 18.0 Å². The van der Waals surface area contributed by atoms with Crippen LogP contribution in [0.25, 0.3) is 0 Å². The number of hydrogen-bond donors (Lipinski definition) is 1. The molecule has 0 saturated carbocycles. The fourth-order valence-corrected chi connectivity index (χ4v) is 1.70. The highest BCUT2D eigenvalue weighted by Gasteiger charge is 2.18. The van der Waals surface area contributed by atoms with E-state index in [1.807, 2.05) is 44.2 Å². The SMILES string of the molecule is CCC(CN(CC)c1ccccc1)C(=O)O. The van der Waals surface area contributed by atoms with E-state index in [4.69, 9.17) is 5.11 Å². The second-order valence-corrected chi connectivity index (χ2v) is 3.82. The zero-order valence-electron chi connectivity index (χ0n) is 9.89. The van der Waals surface area contributed by atoms with Crippen LogP contribution in [-0.2, 0) is 4.79 Å². The fourth-order valence-electron chi connectivity index (χ4n) is 1.70. The second-order valence-electron chi connectivity index (χ2n) is 3.82. The number of hydrogen-bond acceptors (Lipinski definition) is 2. The molecular weight excluding hydrogens is 202 g/mol. The molecule has 1 rings (SSSR count). The van der Waals surface area contributed by atoms with Crippen molar-refractivity contribution in [3.05, 3.63) is 30.3 Å². The highest BCUT2D eigenvalue weighted by molar-refractivity contribution is 5.71. The molecule has 0 spiro atoms. The summed E-state index contributed by atoms with van der Waals surface area (Å²) in [6.45, 7) is 5.36. The fraction of sp³-hybridized carbons (Fsp3) is 0.462. The van der Waals surface area contributed by atoms with Gasteiger partial charge in [0, 0.05) is 18.8 Å². The molecule has 1 unspecified atom stereocenters. The van der Waals surface area contributed by atoms with Crippen LogP contribution in [0.3, 0.4) is 0 Å². The Morgan fingerprint density at radius 3 is 2.38 bits per heavy atom. The maximum atomic E-state index is 11.0. The maximum Gasteiger partial charge on any atom is 0.308 e. The van der Waals surface area contributed by atoms with Crippen molar-refractivity contribution >= 4 is 11.7 Å². The van der Waals surface area contributed by atoms with Crippen molar-refractivity contribution in [3.8, 4) is 0 Å². The van der Waals surface area contributed by atoms with Gasteiger partial charge >= 0.3 is 5.97 Å². The lowest BCUT2D eigenvalue weighted by atomic mass is 10.1. The van der Waals surface area contributed by atoms with E-state index >= 15 is 0 Å². The lowest BCUT2D eigenvalue weighted by Gasteiger charge is -2.26. The van der Waals surface area contributed by atoms with Gasteiger partial charge in [-0.1, -0.05) is 25.1 Å². The van der Waals surface area contributed by atoms with Crippen molar-refractivity contribution in [1.82, 2.24) is 0 Å². The van der Waals surface area contributed by atoms with Crippen LogP contribution < -0.4 is 4.90 Å². The van der Waals surface area contributed by atoms with Crippen molar-refractivity contribution in [2.45, 2.75) is 20.3 Å². The Bertz CT molecular complexity index is 324. The molecule has 0 aliphatic rings. The first-order chi connectivity index (χ1) is 7.69. The van der Waals surface area contributed by atoms with Gasteiger partial charge < -0.3 is 10.0 Å². The van der Waals surface area contributed by atoms with Gasteiger partial charge in [0.1, 0.15) is 0 Å². The summed E-state index contributed by atoms with van der Waals surface area (Å²) in [6.07, 6.45) is 0.665. The number of carboxylic acids is 1. The number of aliphatic carboxylic acids is 1. The third-order valence-electron chi connectivity index (χ3n) is 2.79. The average Bonchev–Trinajstić information content (AvgIpc) is 2.31. The molecule has 1 atom stereocenters. The van der Waals surface area contributed by atoms with Crippen LogP contribution >= 0.6 is 0 Å². The average molecular weight is 221 g/mol. The molecule has 0 heterocycles. The predicted molar refractivity (Wildman–Crippen MR) is 65.7 cm³/mol. The van der Waals surface area contributed by atoms with E-state index in [0.717, 1.165) is 12.2 Å². The topological polar surface area (TPSA) is 40.5 Å². The van der Waals surface area contributed by atoms with Crippen molar-refractivity contribution in [2.24, 2.45) is 5.92 Å². The van der Waals surface area contributed by atoms with E-state index < -0.39 is 5.97 Å². The smallest absolute Gasteiger partial charge is 0.308 e. The number of carbonyl (C=O) groups is 1. The van der Waals surface area contributed by atoms with E-state index in [1.54, 1.807) is 0 Å². The molecule has 1 aromatic carbocycles. The van der Waals surface area contributed by atoms with Crippen LogP contribution in [0.2, 0.25) is 0 Å². The van der Waals surface area contributed by atoms with Gasteiger partial charge in [0.25, 0.3) is 0 Å². The number of carboxylic acid groups (broad SMARTS) is 1. The van der Waals surface area contributed by atoms with Crippen LogP contribution in [0.4, 0.5) is 5.69 Å². The Kier molecular flexibility index (Phi) is 4.83. The largest absolute Gasteiger partial charge is 0.481 e. The van der Waals surface area contributed by atoms with E-state index in [9.17, 15) is 4.79 Å². The molecular formula is C13H19NO2. The lowest BCUT2D eigenvalue weighted by molar-refractivity contribution is -0.141. The Morgan fingerprint density at radius 1 is 1.31 bits per heavy atom. The first-order valence-corrected chi connectivity index (χ1v) is 5.71. The molecule has 0 fully saturated rings. The molecule has 0 bridgehead atoms. The Balaban J connectivity index is 2.72. The van der Waals surface area contributed by atoms with Crippen LogP contribution in [0.15, 0.2) is 30.3 Å². The molecule has 0 aliphatic carbocycles. The summed E-state index contributed by atoms with van der Waals surface area (Å²) < 4.78 is 0. The van der Waals surface area contributed by atoms with Gasteiger partial charge in [0.05, 0.1) is 5.92 Å². The minimum atomic E-state index is -0.711. The standard InChI is InChI=1S/C13H19NO2/c1-3-11(13(15)16)10-14(4-2)12-8-6-5-7-9-12/h5-9,11H,3-4,10H2,1-2H3,(H,15,16). The molecule has 0 aliphatic heterocycles. The predicted octanol–water partition coefficient (Wildman–Crippen LogP) is 2.62. The number of benzene rings is 1. The van der Waals surface area contributed by atoms with Crippen molar-refractivity contribution < 1.29 is 9.90 Å². The highest BCUT2D eigenvalue weighted by atomic mass is 16.4. The lowest BCUT2D eigenvalue weighted by Crippen LogP contribution is -2.32. The third kappa shape index (κ3) is 3.26. The van der Waals surface area contributed by atoms with E-state index in [2.05, 4.69) is 4.90 Å². The molecule has 3 nitrogen and oxygen atoms in total. The van der Waals surface area contributed by atoms with Crippen LogP contribution in [0.1, 0.15) is 20.3 Å². The number of rotatable bonds is 6. The summed E-state index contributed by atoms with van der Waals surface area (Å²) in [4.78, 5) is 13.1. The molecule has 0 aromatic heterocycles. The highest BCUT2D eigenvalue weighted by Crippen LogP contribution is 2.16. The first kappa shape index (κ1) is 12.6.